The molecule has 0 saturated carbocycles. The van der Waals surface area contributed by atoms with Crippen LogP contribution in [0.5, 0.6) is 5.75 Å². The highest BCUT2D eigenvalue weighted by Crippen LogP contribution is 2.32. The third-order valence-corrected chi connectivity index (χ3v) is 4.17. The second kappa shape index (κ2) is 9.26. The quantitative estimate of drug-likeness (QED) is 0.646. The molecular formula is C22H24ClNO. The summed E-state index contributed by atoms with van der Waals surface area (Å²) in [4.78, 5) is 0. The van der Waals surface area contributed by atoms with Crippen LogP contribution in [0.4, 0.5) is 0 Å². The van der Waals surface area contributed by atoms with Gasteiger partial charge in [0, 0.05) is 12.1 Å². The molecule has 0 aliphatic rings. The van der Waals surface area contributed by atoms with E-state index >= 15 is 0 Å². The van der Waals surface area contributed by atoms with Crippen LogP contribution in [0.2, 0.25) is 0 Å². The van der Waals surface area contributed by atoms with E-state index < -0.39 is 0 Å². The van der Waals surface area contributed by atoms with E-state index in [-0.39, 0.29) is 12.4 Å². The smallest absolute Gasteiger partial charge is 0.127 e. The molecule has 0 unspecified atom stereocenters. The summed E-state index contributed by atoms with van der Waals surface area (Å²) in [5, 5.41) is 0. The first-order valence-electron chi connectivity index (χ1n) is 8.39. The molecule has 130 valence electrons. The van der Waals surface area contributed by atoms with Crippen molar-refractivity contribution in [1.82, 2.24) is 0 Å². The Kier molecular flexibility index (Phi) is 7.05. The van der Waals surface area contributed by atoms with Gasteiger partial charge in [-0.1, -0.05) is 73.7 Å². The van der Waals surface area contributed by atoms with Gasteiger partial charge >= 0.3 is 0 Å². The van der Waals surface area contributed by atoms with Gasteiger partial charge in [0.25, 0.3) is 0 Å². The molecule has 3 heteroatoms. The van der Waals surface area contributed by atoms with Crippen LogP contribution in [0.15, 0.2) is 72.8 Å². The number of hydrogen-bond donors (Lipinski definition) is 1. The summed E-state index contributed by atoms with van der Waals surface area (Å²) in [5.41, 5.74) is 11.7. The number of aryl methyl sites for hydroxylation is 1. The lowest BCUT2D eigenvalue weighted by molar-refractivity contribution is 0.307. The average Bonchev–Trinajstić information content (AvgIpc) is 2.67. The minimum absolute atomic E-state index is 0. The molecule has 25 heavy (non-hydrogen) atoms. The Morgan fingerprint density at radius 3 is 2.28 bits per heavy atom. The van der Waals surface area contributed by atoms with Crippen LogP contribution in [0.25, 0.3) is 11.1 Å². The van der Waals surface area contributed by atoms with Crippen molar-refractivity contribution in [2.75, 3.05) is 0 Å². The lowest BCUT2D eigenvalue weighted by Crippen LogP contribution is -2.01. The Morgan fingerprint density at radius 1 is 0.800 bits per heavy atom. The molecule has 0 amide bonds. The van der Waals surface area contributed by atoms with Gasteiger partial charge < -0.3 is 10.5 Å². The number of halogens is 1. The van der Waals surface area contributed by atoms with Crippen molar-refractivity contribution in [1.29, 1.82) is 0 Å². The van der Waals surface area contributed by atoms with Gasteiger partial charge in [-0.2, -0.15) is 0 Å². The van der Waals surface area contributed by atoms with E-state index in [0.29, 0.717) is 13.2 Å². The fourth-order valence-electron chi connectivity index (χ4n) is 2.75. The molecule has 0 aliphatic carbocycles. The number of benzene rings is 3. The van der Waals surface area contributed by atoms with Crippen LogP contribution >= 0.6 is 12.4 Å². The highest BCUT2D eigenvalue weighted by molar-refractivity contribution is 5.85. The van der Waals surface area contributed by atoms with Gasteiger partial charge in [0.15, 0.2) is 0 Å². The zero-order chi connectivity index (χ0) is 16.8. The summed E-state index contributed by atoms with van der Waals surface area (Å²) in [6, 6.07) is 25.1. The van der Waals surface area contributed by atoms with Gasteiger partial charge in [0.05, 0.1) is 0 Å². The summed E-state index contributed by atoms with van der Waals surface area (Å²) in [7, 11) is 0. The van der Waals surface area contributed by atoms with Gasteiger partial charge in [-0.05, 0) is 34.7 Å². The Morgan fingerprint density at radius 2 is 1.56 bits per heavy atom. The zero-order valence-electron chi connectivity index (χ0n) is 14.4. The van der Waals surface area contributed by atoms with Crippen molar-refractivity contribution in [2.24, 2.45) is 5.73 Å². The molecule has 0 bridgehead atoms. The van der Waals surface area contributed by atoms with Gasteiger partial charge in [-0.3, -0.25) is 0 Å². The number of ether oxygens (including phenoxy) is 1. The molecule has 0 radical (unpaired) electrons. The first-order chi connectivity index (χ1) is 11.8. The third-order valence-electron chi connectivity index (χ3n) is 4.17. The molecule has 3 aromatic rings. The average molecular weight is 354 g/mol. The van der Waals surface area contributed by atoms with Crippen molar-refractivity contribution < 1.29 is 4.74 Å². The molecule has 0 aromatic heterocycles. The van der Waals surface area contributed by atoms with Crippen molar-refractivity contribution in [3.05, 3.63) is 89.5 Å². The molecule has 0 heterocycles. The number of hydrogen-bond acceptors (Lipinski definition) is 2. The molecule has 3 rings (SSSR count). The van der Waals surface area contributed by atoms with Crippen molar-refractivity contribution in [2.45, 2.75) is 26.5 Å². The summed E-state index contributed by atoms with van der Waals surface area (Å²) >= 11 is 0. The first kappa shape index (κ1) is 19.0. The van der Waals surface area contributed by atoms with Crippen molar-refractivity contribution in [3.63, 3.8) is 0 Å². The highest BCUT2D eigenvalue weighted by Gasteiger charge is 2.09. The predicted molar refractivity (Wildman–Crippen MR) is 107 cm³/mol. The minimum atomic E-state index is 0. The van der Waals surface area contributed by atoms with Crippen LogP contribution in [0.1, 0.15) is 23.6 Å². The first-order valence-corrected chi connectivity index (χ1v) is 8.39. The fourth-order valence-corrected chi connectivity index (χ4v) is 2.75. The highest BCUT2D eigenvalue weighted by atomic mass is 35.5. The second-order valence-electron chi connectivity index (χ2n) is 5.86. The minimum Gasteiger partial charge on any atom is -0.488 e. The molecular weight excluding hydrogens is 330 g/mol. The molecule has 0 aliphatic heterocycles. The normalized spacial score (nSPS) is 10.2. The maximum atomic E-state index is 6.14. The standard InChI is InChI=1S/C22H23NO.ClH/c1-2-17-9-6-10-20(13-17)21-12-11-19(15-23)14-22(21)24-16-18-7-4-3-5-8-18;/h3-14H,2,15-16,23H2,1H3;1H. The lowest BCUT2D eigenvalue weighted by atomic mass is 10.00. The van der Waals surface area contributed by atoms with Crippen LogP contribution in [-0.4, -0.2) is 0 Å². The van der Waals surface area contributed by atoms with E-state index in [1.165, 1.54) is 11.1 Å². The van der Waals surface area contributed by atoms with Gasteiger partial charge in [-0.15, -0.1) is 12.4 Å². The van der Waals surface area contributed by atoms with E-state index in [1.807, 2.05) is 18.2 Å². The molecule has 2 N–H and O–H groups in total. The zero-order valence-corrected chi connectivity index (χ0v) is 15.3. The van der Waals surface area contributed by atoms with Gasteiger partial charge in [0.2, 0.25) is 0 Å². The second-order valence-corrected chi connectivity index (χ2v) is 5.86. The molecule has 0 spiro atoms. The summed E-state index contributed by atoms with van der Waals surface area (Å²) in [5.74, 6) is 0.884. The molecule has 3 aromatic carbocycles. The van der Waals surface area contributed by atoms with Crippen molar-refractivity contribution >= 4 is 12.4 Å². The number of nitrogens with two attached hydrogens (primary N) is 1. The van der Waals surface area contributed by atoms with Crippen LogP contribution in [0, 0.1) is 0 Å². The number of rotatable bonds is 6. The monoisotopic (exact) mass is 353 g/mol. The summed E-state index contributed by atoms with van der Waals surface area (Å²) in [6.45, 7) is 3.23. The summed E-state index contributed by atoms with van der Waals surface area (Å²) in [6.07, 6.45) is 1.02. The SMILES string of the molecule is CCc1cccc(-c2ccc(CN)cc2OCc2ccccc2)c1.Cl. The third kappa shape index (κ3) is 4.85. The maximum Gasteiger partial charge on any atom is 0.127 e. The van der Waals surface area contributed by atoms with Crippen LogP contribution in [0.3, 0.4) is 0 Å². The molecule has 0 saturated heterocycles. The van der Waals surface area contributed by atoms with Crippen LogP contribution < -0.4 is 10.5 Å². The van der Waals surface area contributed by atoms with E-state index in [0.717, 1.165) is 28.9 Å². The molecule has 2 nitrogen and oxygen atoms in total. The summed E-state index contributed by atoms with van der Waals surface area (Å²) < 4.78 is 6.14. The Balaban J connectivity index is 0.00000225. The lowest BCUT2D eigenvalue weighted by Gasteiger charge is -2.14. The predicted octanol–water partition coefficient (Wildman–Crippen LogP) is 5.38. The fraction of sp³-hybridized carbons (Fsp3) is 0.182. The Labute approximate surface area is 156 Å². The van der Waals surface area contributed by atoms with E-state index in [4.69, 9.17) is 10.5 Å². The van der Waals surface area contributed by atoms with E-state index in [2.05, 4.69) is 61.5 Å². The van der Waals surface area contributed by atoms with Crippen LogP contribution in [-0.2, 0) is 19.6 Å². The largest absolute Gasteiger partial charge is 0.488 e. The van der Waals surface area contributed by atoms with Gasteiger partial charge in [-0.25, -0.2) is 0 Å². The van der Waals surface area contributed by atoms with Crippen molar-refractivity contribution in [3.8, 4) is 16.9 Å². The van der Waals surface area contributed by atoms with E-state index in [1.54, 1.807) is 0 Å². The van der Waals surface area contributed by atoms with E-state index in [9.17, 15) is 0 Å². The van der Waals surface area contributed by atoms with Gasteiger partial charge in [0.1, 0.15) is 12.4 Å². The Bertz CT molecular complexity index is 802. The topological polar surface area (TPSA) is 35.2 Å². The maximum absolute atomic E-state index is 6.14. The molecule has 0 atom stereocenters. The Hall–Kier alpha value is -2.29. The molecule has 0 fully saturated rings.